The molecule has 1 aromatic rings. The highest BCUT2D eigenvalue weighted by molar-refractivity contribution is 9.10. The first-order chi connectivity index (χ1) is 7.93. The molecular weight excluding hydrogens is 282 g/mol. The molecule has 1 aromatic carbocycles. The van der Waals surface area contributed by atoms with Gasteiger partial charge in [0.15, 0.2) is 0 Å². The van der Waals surface area contributed by atoms with Crippen LogP contribution in [0.25, 0.3) is 0 Å². The molecule has 0 aliphatic heterocycles. The molecule has 0 saturated heterocycles. The van der Waals surface area contributed by atoms with Gasteiger partial charge in [-0.1, -0.05) is 46.3 Å². The molecule has 0 saturated carbocycles. The van der Waals surface area contributed by atoms with E-state index in [1.54, 1.807) is 13.8 Å². The first kappa shape index (κ1) is 14.2. The number of rotatable bonds is 5. The van der Waals surface area contributed by atoms with Crippen LogP contribution in [-0.2, 0) is 11.2 Å². The van der Waals surface area contributed by atoms with Crippen molar-refractivity contribution in [1.82, 2.24) is 5.32 Å². The van der Waals surface area contributed by atoms with Gasteiger partial charge < -0.3 is 10.4 Å². The van der Waals surface area contributed by atoms with Gasteiger partial charge in [-0.2, -0.15) is 0 Å². The average molecular weight is 300 g/mol. The number of hydrogen-bond acceptors (Lipinski definition) is 2. The summed E-state index contributed by atoms with van der Waals surface area (Å²) in [5, 5.41) is 12.1. The molecule has 94 valence electrons. The molecule has 0 fully saturated rings. The summed E-state index contributed by atoms with van der Waals surface area (Å²) in [5.41, 5.74) is 1.10. The lowest BCUT2D eigenvalue weighted by molar-refractivity contribution is -0.123. The van der Waals surface area contributed by atoms with Crippen LogP contribution in [0.1, 0.15) is 19.4 Å². The Labute approximate surface area is 110 Å². The van der Waals surface area contributed by atoms with E-state index in [2.05, 4.69) is 21.2 Å². The van der Waals surface area contributed by atoms with E-state index in [1.807, 2.05) is 30.3 Å². The maximum absolute atomic E-state index is 11.8. The van der Waals surface area contributed by atoms with Gasteiger partial charge >= 0.3 is 0 Å². The number of aliphatic hydroxyl groups excluding tert-OH is 1. The van der Waals surface area contributed by atoms with Gasteiger partial charge in [-0.3, -0.25) is 4.79 Å². The zero-order chi connectivity index (χ0) is 12.9. The summed E-state index contributed by atoms with van der Waals surface area (Å²) < 4.78 is -0.614. The van der Waals surface area contributed by atoms with Gasteiger partial charge in [-0.05, 0) is 25.8 Å². The first-order valence-corrected chi connectivity index (χ1v) is 6.37. The topological polar surface area (TPSA) is 49.3 Å². The van der Waals surface area contributed by atoms with Gasteiger partial charge in [0.2, 0.25) is 5.91 Å². The molecule has 4 heteroatoms. The summed E-state index contributed by atoms with van der Waals surface area (Å²) in [4.78, 5) is 11.8. The first-order valence-electron chi connectivity index (χ1n) is 5.58. The fourth-order valence-corrected chi connectivity index (χ4v) is 1.53. The molecule has 0 aromatic heterocycles. The highest BCUT2D eigenvalue weighted by atomic mass is 79.9. The Kier molecular flexibility index (Phi) is 5.15. The third-order valence-corrected chi connectivity index (χ3v) is 2.78. The number of carbonyl (C=O) groups excluding carboxylic acids is 1. The van der Waals surface area contributed by atoms with Crippen molar-refractivity contribution >= 4 is 21.8 Å². The predicted octanol–water partition coefficient (Wildman–Crippen LogP) is 1.88. The minimum absolute atomic E-state index is 0.0658. The fourth-order valence-electron chi connectivity index (χ4n) is 1.42. The number of aliphatic hydroxyl groups is 1. The summed E-state index contributed by atoms with van der Waals surface area (Å²) in [6.45, 7) is 3.49. The molecule has 0 bridgehead atoms. The van der Waals surface area contributed by atoms with E-state index in [1.165, 1.54) is 0 Å². The van der Waals surface area contributed by atoms with Crippen LogP contribution in [0.5, 0.6) is 0 Å². The van der Waals surface area contributed by atoms with E-state index in [9.17, 15) is 9.90 Å². The summed E-state index contributed by atoms with van der Waals surface area (Å²) >= 11 is 3.29. The summed E-state index contributed by atoms with van der Waals surface area (Å²) in [6, 6.07) is 9.54. The number of halogens is 1. The normalized spacial score (nSPS) is 13.2. The second-order valence-corrected chi connectivity index (χ2v) is 6.50. The average Bonchev–Trinajstić information content (AvgIpc) is 2.28. The predicted molar refractivity (Wildman–Crippen MR) is 72.2 cm³/mol. The highest BCUT2D eigenvalue weighted by Gasteiger charge is 2.25. The van der Waals surface area contributed by atoms with Crippen molar-refractivity contribution in [3.8, 4) is 0 Å². The Bertz CT molecular complexity index is 359. The molecule has 0 aliphatic carbocycles. The molecule has 3 nitrogen and oxygen atoms in total. The number of carbonyl (C=O) groups is 1. The van der Waals surface area contributed by atoms with E-state index < -0.39 is 4.32 Å². The van der Waals surface area contributed by atoms with Crippen molar-refractivity contribution in [2.24, 2.45) is 0 Å². The molecule has 0 heterocycles. The van der Waals surface area contributed by atoms with Crippen LogP contribution in [0.4, 0.5) is 0 Å². The molecule has 0 spiro atoms. The van der Waals surface area contributed by atoms with Crippen LogP contribution >= 0.6 is 15.9 Å². The van der Waals surface area contributed by atoms with Crippen molar-refractivity contribution in [3.63, 3.8) is 0 Å². The Morgan fingerprint density at radius 1 is 1.41 bits per heavy atom. The molecule has 1 rings (SSSR count). The SMILES string of the molecule is CC(C)(Br)C(=O)N[C@@H](CO)Cc1ccccc1. The van der Waals surface area contributed by atoms with E-state index in [4.69, 9.17) is 0 Å². The van der Waals surface area contributed by atoms with Crippen LogP contribution < -0.4 is 5.32 Å². The minimum Gasteiger partial charge on any atom is -0.394 e. The van der Waals surface area contributed by atoms with Crippen LogP contribution in [0.15, 0.2) is 30.3 Å². The van der Waals surface area contributed by atoms with Crippen molar-refractivity contribution in [2.75, 3.05) is 6.61 Å². The van der Waals surface area contributed by atoms with Crippen molar-refractivity contribution < 1.29 is 9.90 Å². The molecule has 0 unspecified atom stereocenters. The van der Waals surface area contributed by atoms with Gasteiger partial charge in [0.05, 0.1) is 17.0 Å². The van der Waals surface area contributed by atoms with E-state index in [-0.39, 0.29) is 18.6 Å². The van der Waals surface area contributed by atoms with Crippen molar-refractivity contribution in [2.45, 2.75) is 30.6 Å². The van der Waals surface area contributed by atoms with Gasteiger partial charge in [0.25, 0.3) is 0 Å². The third-order valence-electron chi connectivity index (χ3n) is 2.42. The lowest BCUT2D eigenvalue weighted by Gasteiger charge is -2.22. The maximum Gasteiger partial charge on any atom is 0.236 e. The zero-order valence-corrected chi connectivity index (χ0v) is 11.7. The smallest absolute Gasteiger partial charge is 0.236 e. The third kappa shape index (κ3) is 4.88. The molecule has 0 radical (unpaired) electrons. The fraction of sp³-hybridized carbons (Fsp3) is 0.462. The van der Waals surface area contributed by atoms with Crippen LogP contribution in [0.2, 0.25) is 0 Å². The lowest BCUT2D eigenvalue weighted by atomic mass is 10.1. The van der Waals surface area contributed by atoms with Crippen molar-refractivity contribution in [1.29, 1.82) is 0 Å². The van der Waals surface area contributed by atoms with Crippen LogP contribution in [-0.4, -0.2) is 28.0 Å². The molecular formula is C13H18BrNO2. The Morgan fingerprint density at radius 3 is 2.47 bits per heavy atom. The van der Waals surface area contributed by atoms with Crippen LogP contribution in [0, 0.1) is 0 Å². The Morgan fingerprint density at radius 2 is 2.00 bits per heavy atom. The van der Waals surface area contributed by atoms with Gasteiger partial charge in [0, 0.05) is 0 Å². The van der Waals surface area contributed by atoms with Crippen molar-refractivity contribution in [3.05, 3.63) is 35.9 Å². The van der Waals surface area contributed by atoms with Gasteiger partial charge in [-0.15, -0.1) is 0 Å². The summed E-state index contributed by atoms with van der Waals surface area (Å²) in [6.07, 6.45) is 0.631. The maximum atomic E-state index is 11.8. The second kappa shape index (κ2) is 6.17. The largest absolute Gasteiger partial charge is 0.394 e. The van der Waals surface area contributed by atoms with Crippen LogP contribution in [0.3, 0.4) is 0 Å². The summed E-state index contributed by atoms with van der Waals surface area (Å²) in [5.74, 6) is -0.118. The summed E-state index contributed by atoms with van der Waals surface area (Å²) in [7, 11) is 0. The number of alkyl halides is 1. The molecule has 17 heavy (non-hydrogen) atoms. The van der Waals surface area contributed by atoms with E-state index in [0.29, 0.717) is 6.42 Å². The standard InChI is InChI=1S/C13H18BrNO2/c1-13(2,14)12(17)15-11(9-16)8-10-6-4-3-5-7-10/h3-7,11,16H,8-9H2,1-2H3,(H,15,17)/t11-/m1/s1. The van der Waals surface area contributed by atoms with E-state index in [0.717, 1.165) is 5.56 Å². The number of benzene rings is 1. The molecule has 1 amide bonds. The van der Waals surface area contributed by atoms with Gasteiger partial charge in [0.1, 0.15) is 0 Å². The number of nitrogens with one attached hydrogen (secondary N) is 1. The molecule has 1 atom stereocenters. The second-order valence-electron chi connectivity index (χ2n) is 4.52. The monoisotopic (exact) mass is 299 g/mol. The Hall–Kier alpha value is -0.870. The number of hydrogen-bond donors (Lipinski definition) is 2. The minimum atomic E-state index is -0.614. The quantitative estimate of drug-likeness (QED) is 0.816. The lowest BCUT2D eigenvalue weighted by Crippen LogP contribution is -2.46. The van der Waals surface area contributed by atoms with E-state index >= 15 is 0 Å². The zero-order valence-electron chi connectivity index (χ0n) is 10.1. The molecule has 2 N–H and O–H groups in total. The number of amides is 1. The Balaban J connectivity index is 2.59. The molecule has 0 aliphatic rings. The highest BCUT2D eigenvalue weighted by Crippen LogP contribution is 2.16. The van der Waals surface area contributed by atoms with Gasteiger partial charge in [-0.25, -0.2) is 0 Å².